The fraction of sp³-hybridized carbons (Fsp3) is 0.481. The van der Waals surface area contributed by atoms with Crippen molar-refractivity contribution in [2.75, 3.05) is 4.72 Å². The molecular formula is C27H33F3N2O5S. The number of alkyl halides is 3. The van der Waals surface area contributed by atoms with Crippen molar-refractivity contribution < 1.29 is 36.3 Å². The molecule has 0 heterocycles. The van der Waals surface area contributed by atoms with E-state index in [2.05, 4.69) is 17.0 Å². The summed E-state index contributed by atoms with van der Waals surface area (Å²) in [5, 5.41) is 10.4. The highest BCUT2D eigenvalue weighted by Gasteiger charge is 2.51. The molecule has 0 unspecified atom stereocenters. The van der Waals surface area contributed by atoms with Crippen LogP contribution in [0.25, 0.3) is 0 Å². The molecule has 38 heavy (non-hydrogen) atoms. The second-order valence-electron chi connectivity index (χ2n) is 10.00. The fourth-order valence-corrected chi connectivity index (χ4v) is 5.53. The predicted octanol–water partition coefficient (Wildman–Crippen LogP) is 5.41. The second kappa shape index (κ2) is 11.8. The minimum atomic E-state index is -5.08. The van der Waals surface area contributed by atoms with Crippen LogP contribution in [0.1, 0.15) is 63.5 Å². The van der Waals surface area contributed by atoms with Gasteiger partial charge in [-0.2, -0.15) is 13.2 Å². The number of carbonyl (C=O) groups excluding carboxylic acids is 1. The van der Waals surface area contributed by atoms with Gasteiger partial charge in [0.2, 0.25) is 5.91 Å². The number of sulfonamides is 1. The first-order valence-electron chi connectivity index (χ1n) is 12.6. The minimum Gasteiger partial charge on any atom is -0.475 e. The number of benzene rings is 2. The summed E-state index contributed by atoms with van der Waals surface area (Å²) in [6.07, 6.45) is 1.94. The number of carbonyl (C=O) groups is 2. The predicted molar refractivity (Wildman–Crippen MR) is 137 cm³/mol. The van der Waals surface area contributed by atoms with Gasteiger partial charge in [0.05, 0.1) is 10.3 Å². The smallest absolute Gasteiger partial charge is 0.475 e. The van der Waals surface area contributed by atoms with Crippen molar-refractivity contribution in [3.63, 3.8) is 0 Å². The van der Waals surface area contributed by atoms with Crippen LogP contribution < -0.4 is 10.0 Å². The molecule has 208 valence electrons. The van der Waals surface area contributed by atoms with E-state index >= 15 is 0 Å². The van der Waals surface area contributed by atoms with E-state index in [0.29, 0.717) is 5.69 Å². The molecule has 7 nitrogen and oxygen atoms in total. The molecule has 0 atom stereocenters. The maximum absolute atomic E-state index is 13.0. The summed E-state index contributed by atoms with van der Waals surface area (Å²) in [5.41, 5.74) is 2.11. The number of amides is 1. The molecule has 1 amide bonds. The Morgan fingerprint density at radius 2 is 1.50 bits per heavy atom. The van der Waals surface area contributed by atoms with Crippen LogP contribution in [0.3, 0.4) is 0 Å². The Hall–Kier alpha value is -3.08. The minimum absolute atomic E-state index is 0.122. The Balaban J connectivity index is 0.000000505. The topological polar surface area (TPSA) is 113 Å². The number of halogens is 3. The van der Waals surface area contributed by atoms with E-state index in [1.807, 2.05) is 31.2 Å². The number of aryl methyl sites for hydroxylation is 1. The number of nitrogens with one attached hydrogen (secondary N) is 2. The number of carboxylic acid groups (broad SMARTS) is 1. The number of aliphatic carboxylic acids is 1. The quantitative estimate of drug-likeness (QED) is 0.424. The average molecular weight is 555 g/mol. The number of hydrogen-bond acceptors (Lipinski definition) is 4. The standard InChI is InChI=1S/C25H32N2O3S.C2HF3O2/c1-3-19-6-14-23(15-7-19)31(29,30)27-22-12-8-20(9-13-22)25(16-17-25)24(28)26-21-10-4-18(2)5-11-21;3-2(4,5)1(6)7/h6-9,12-15,18,21,27H,3-5,10-11,16-17H2,1-2H3,(H,26,28);(H,6,7). The molecule has 3 N–H and O–H groups in total. The van der Waals surface area contributed by atoms with Crippen molar-refractivity contribution in [3.05, 3.63) is 59.7 Å². The highest BCUT2D eigenvalue weighted by Crippen LogP contribution is 2.49. The normalized spacial score (nSPS) is 20.4. The summed E-state index contributed by atoms with van der Waals surface area (Å²) < 4.78 is 59.7. The van der Waals surface area contributed by atoms with E-state index in [9.17, 15) is 26.4 Å². The molecule has 0 aromatic heterocycles. The van der Waals surface area contributed by atoms with E-state index in [1.165, 1.54) is 12.8 Å². The Kier molecular flexibility index (Phi) is 9.12. The molecule has 0 radical (unpaired) electrons. The lowest BCUT2D eigenvalue weighted by Gasteiger charge is -2.28. The maximum atomic E-state index is 13.0. The van der Waals surface area contributed by atoms with E-state index in [1.54, 1.807) is 24.3 Å². The summed E-state index contributed by atoms with van der Waals surface area (Å²) in [7, 11) is -3.64. The van der Waals surface area contributed by atoms with Gasteiger partial charge in [0.1, 0.15) is 0 Å². The first-order chi connectivity index (χ1) is 17.8. The van der Waals surface area contributed by atoms with Crippen LogP contribution in [0.2, 0.25) is 0 Å². The molecular weight excluding hydrogens is 521 g/mol. The molecule has 2 aliphatic carbocycles. The molecule has 0 bridgehead atoms. The summed E-state index contributed by atoms with van der Waals surface area (Å²) in [4.78, 5) is 22.1. The zero-order chi connectivity index (χ0) is 28.1. The van der Waals surface area contributed by atoms with Crippen molar-refractivity contribution in [2.24, 2.45) is 5.92 Å². The summed E-state index contributed by atoms with van der Waals surface area (Å²) in [6, 6.07) is 14.5. The average Bonchev–Trinajstić information content (AvgIpc) is 3.68. The van der Waals surface area contributed by atoms with Gasteiger partial charge >= 0.3 is 12.1 Å². The third kappa shape index (κ3) is 7.49. The fourth-order valence-electron chi connectivity index (χ4n) is 4.48. The van der Waals surface area contributed by atoms with Gasteiger partial charge in [0.15, 0.2) is 0 Å². The number of hydrogen-bond donors (Lipinski definition) is 3. The van der Waals surface area contributed by atoms with Crippen LogP contribution in [0, 0.1) is 5.92 Å². The summed E-state index contributed by atoms with van der Waals surface area (Å²) in [5.74, 6) is -1.88. The van der Waals surface area contributed by atoms with Gasteiger partial charge in [-0.3, -0.25) is 9.52 Å². The van der Waals surface area contributed by atoms with E-state index in [-0.39, 0.29) is 16.8 Å². The van der Waals surface area contributed by atoms with Crippen molar-refractivity contribution in [2.45, 2.75) is 81.3 Å². The van der Waals surface area contributed by atoms with Crippen LogP contribution in [0.15, 0.2) is 53.4 Å². The van der Waals surface area contributed by atoms with E-state index in [0.717, 1.165) is 49.1 Å². The third-order valence-corrected chi connectivity index (χ3v) is 8.51. The van der Waals surface area contributed by atoms with Gasteiger partial charge in [0, 0.05) is 11.7 Å². The lowest BCUT2D eigenvalue weighted by atomic mass is 9.86. The van der Waals surface area contributed by atoms with Gasteiger partial charge < -0.3 is 10.4 Å². The van der Waals surface area contributed by atoms with Gasteiger partial charge in [-0.05, 0) is 86.3 Å². The molecule has 2 fully saturated rings. The van der Waals surface area contributed by atoms with Gasteiger partial charge in [-0.15, -0.1) is 0 Å². The summed E-state index contributed by atoms with van der Waals surface area (Å²) >= 11 is 0. The van der Waals surface area contributed by atoms with Crippen molar-refractivity contribution in [3.8, 4) is 0 Å². The van der Waals surface area contributed by atoms with Crippen LogP contribution >= 0.6 is 0 Å². The molecule has 2 aromatic carbocycles. The molecule has 4 rings (SSSR count). The molecule has 2 aliphatic rings. The zero-order valence-electron chi connectivity index (χ0n) is 21.3. The number of carboxylic acids is 1. The molecule has 0 spiro atoms. The Morgan fingerprint density at radius 3 is 1.95 bits per heavy atom. The molecule has 0 saturated heterocycles. The third-order valence-electron chi connectivity index (χ3n) is 7.11. The molecule has 2 saturated carbocycles. The first kappa shape index (κ1) is 29.5. The van der Waals surface area contributed by atoms with Gasteiger partial charge in [-0.25, -0.2) is 13.2 Å². The number of anilines is 1. The van der Waals surface area contributed by atoms with Crippen LogP contribution in [0.4, 0.5) is 18.9 Å². The van der Waals surface area contributed by atoms with Crippen molar-refractivity contribution in [1.82, 2.24) is 5.32 Å². The highest BCUT2D eigenvalue weighted by molar-refractivity contribution is 7.92. The Bertz CT molecular complexity index is 1220. The van der Waals surface area contributed by atoms with Gasteiger partial charge in [0.25, 0.3) is 10.0 Å². The van der Waals surface area contributed by atoms with Crippen molar-refractivity contribution in [1.29, 1.82) is 0 Å². The SMILES string of the molecule is CCc1ccc(S(=O)(=O)Nc2ccc(C3(C(=O)NC4CCC(C)CC4)CC3)cc2)cc1.O=C(O)C(F)(F)F. The monoisotopic (exact) mass is 554 g/mol. The largest absolute Gasteiger partial charge is 0.490 e. The Labute approximate surface area is 220 Å². The molecule has 2 aromatic rings. The van der Waals surface area contributed by atoms with Crippen LogP contribution in [-0.2, 0) is 31.4 Å². The zero-order valence-corrected chi connectivity index (χ0v) is 22.2. The lowest BCUT2D eigenvalue weighted by Crippen LogP contribution is -2.43. The maximum Gasteiger partial charge on any atom is 0.490 e. The van der Waals surface area contributed by atoms with Crippen molar-refractivity contribution >= 4 is 27.6 Å². The van der Waals surface area contributed by atoms with E-state index in [4.69, 9.17) is 9.90 Å². The molecule has 0 aliphatic heterocycles. The Morgan fingerprint density at radius 1 is 0.974 bits per heavy atom. The second-order valence-corrected chi connectivity index (χ2v) is 11.7. The van der Waals surface area contributed by atoms with E-state index < -0.39 is 27.6 Å². The molecule has 11 heteroatoms. The first-order valence-corrected chi connectivity index (χ1v) is 14.1. The van der Waals surface area contributed by atoms with Crippen LogP contribution in [0.5, 0.6) is 0 Å². The highest BCUT2D eigenvalue weighted by atomic mass is 32.2. The van der Waals surface area contributed by atoms with Gasteiger partial charge in [-0.1, -0.05) is 38.1 Å². The number of rotatable bonds is 7. The summed E-state index contributed by atoms with van der Waals surface area (Å²) in [6.45, 7) is 4.31. The lowest BCUT2D eigenvalue weighted by molar-refractivity contribution is -0.192. The van der Waals surface area contributed by atoms with Crippen LogP contribution in [-0.4, -0.2) is 37.6 Å².